The zero-order valence-corrected chi connectivity index (χ0v) is 7.72. The highest BCUT2D eigenvalue weighted by Crippen LogP contribution is 2.24. The second kappa shape index (κ2) is 3.87. The molecule has 0 N–H and O–H groups in total. The number of nitrogens with zero attached hydrogens (tertiary/aromatic N) is 1. The molecule has 0 spiro atoms. The first-order valence-corrected chi connectivity index (χ1v) is 4.48. The van der Waals surface area contributed by atoms with Crippen LogP contribution in [0.25, 0.3) is 0 Å². The van der Waals surface area contributed by atoms with Crippen molar-refractivity contribution in [2.24, 2.45) is 0 Å². The first-order chi connectivity index (χ1) is 5.61. The molecule has 70 valence electrons. The summed E-state index contributed by atoms with van der Waals surface area (Å²) in [5.74, 6) is 0.0808. The normalized spacial score (nSPS) is 29.9. The lowest BCUT2D eigenvalue weighted by atomic mass is 9.93. The lowest BCUT2D eigenvalue weighted by Crippen LogP contribution is -2.38. The van der Waals surface area contributed by atoms with E-state index in [0.29, 0.717) is 12.8 Å². The van der Waals surface area contributed by atoms with E-state index < -0.39 is 6.17 Å². The summed E-state index contributed by atoms with van der Waals surface area (Å²) in [5.41, 5.74) is 0. The molecular formula is C9H16FNO. The lowest BCUT2D eigenvalue weighted by Gasteiger charge is -2.31. The summed E-state index contributed by atoms with van der Waals surface area (Å²) >= 11 is 0. The molecule has 0 heterocycles. The summed E-state index contributed by atoms with van der Waals surface area (Å²) in [7, 11) is 1.80. The summed E-state index contributed by atoms with van der Waals surface area (Å²) in [6, 6.07) is 0.273. The molecule has 3 heteroatoms. The van der Waals surface area contributed by atoms with Gasteiger partial charge < -0.3 is 4.90 Å². The molecule has 2 nitrogen and oxygen atoms in total. The molecule has 1 rings (SSSR count). The molecule has 1 aliphatic rings. The zero-order valence-electron chi connectivity index (χ0n) is 7.72. The van der Waals surface area contributed by atoms with Gasteiger partial charge in [0.05, 0.1) is 0 Å². The third-order valence-corrected chi connectivity index (χ3v) is 2.67. The highest BCUT2D eigenvalue weighted by molar-refractivity contribution is 5.73. The molecule has 1 aliphatic carbocycles. The molecule has 0 bridgehead atoms. The molecule has 1 fully saturated rings. The van der Waals surface area contributed by atoms with Crippen molar-refractivity contribution in [1.82, 2.24) is 4.90 Å². The minimum atomic E-state index is -0.637. The third-order valence-electron chi connectivity index (χ3n) is 2.67. The maximum absolute atomic E-state index is 12.7. The van der Waals surface area contributed by atoms with Crippen LogP contribution in [0.3, 0.4) is 0 Å². The predicted molar refractivity (Wildman–Crippen MR) is 45.6 cm³/mol. The minimum absolute atomic E-state index is 0.0808. The van der Waals surface area contributed by atoms with E-state index in [4.69, 9.17) is 0 Å². The summed E-state index contributed by atoms with van der Waals surface area (Å²) in [6.45, 7) is 1.56. The van der Waals surface area contributed by atoms with Gasteiger partial charge in [0.15, 0.2) is 0 Å². The molecule has 0 saturated heterocycles. The van der Waals surface area contributed by atoms with Crippen molar-refractivity contribution >= 4 is 5.91 Å². The van der Waals surface area contributed by atoms with Gasteiger partial charge in [-0.25, -0.2) is 4.39 Å². The monoisotopic (exact) mass is 173 g/mol. The van der Waals surface area contributed by atoms with Gasteiger partial charge in [0.25, 0.3) is 0 Å². The van der Waals surface area contributed by atoms with E-state index in [1.54, 1.807) is 18.9 Å². The molecule has 1 amide bonds. The van der Waals surface area contributed by atoms with Gasteiger partial charge in [0.1, 0.15) is 6.17 Å². The molecule has 0 aromatic carbocycles. The first-order valence-electron chi connectivity index (χ1n) is 4.48. The highest BCUT2D eigenvalue weighted by Gasteiger charge is 2.24. The fourth-order valence-electron chi connectivity index (χ4n) is 1.68. The van der Waals surface area contributed by atoms with Crippen LogP contribution in [0.5, 0.6) is 0 Å². The van der Waals surface area contributed by atoms with Crippen LogP contribution in [-0.2, 0) is 4.79 Å². The van der Waals surface area contributed by atoms with Gasteiger partial charge >= 0.3 is 0 Å². The fraction of sp³-hybridized carbons (Fsp3) is 0.889. The Bertz CT molecular complexity index is 164. The van der Waals surface area contributed by atoms with Crippen LogP contribution >= 0.6 is 0 Å². The molecule has 0 aromatic heterocycles. The zero-order chi connectivity index (χ0) is 9.14. The lowest BCUT2D eigenvalue weighted by molar-refractivity contribution is -0.130. The number of halogens is 1. The molecule has 0 unspecified atom stereocenters. The number of alkyl halides is 1. The van der Waals surface area contributed by atoms with Gasteiger partial charge in [0, 0.05) is 20.0 Å². The molecule has 0 aliphatic heterocycles. The van der Waals surface area contributed by atoms with Gasteiger partial charge in [-0.15, -0.1) is 0 Å². The quantitative estimate of drug-likeness (QED) is 0.591. The van der Waals surface area contributed by atoms with Crippen LogP contribution in [-0.4, -0.2) is 30.1 Å². The standard InChI is InChI=1S/C9H16FNO/c1-7(12)11(2)9-5-3-8(10)4-6-9/h8-9H,3-6H2,1-2H3. The fourth-order valence-corrected chi connectivity index (χ4v) is 1.68. The smallest absolute Gasteiger partial charge is 0.219 e. The Morgan fingerprint density at radius 2 is 1.83 bits per heavy atom. The summed E-state index contributed by atoms with van der Waals surface area (Å²) in [5, 5.41) is 0. The van der Waals surface area contributed by atoms with Crippen LogP contribution in [0.4, 0.5) is 4.39 Å². The first kappa shape index (κ1) is 9.49. The Morgan fingerprint density at radius 3 is 2.25 bits per heavy atom. The van der Waals surface area contributed by atoms with E-state index in [-0.39, 0.29) is 11.9 Å². The Morgan fingerprint density at radius 1 is 1.33 bits per heavy atom. The van der Waals surface area contributed by atoms with Crippen LogP contribution in [0.15, 0.2) is 0 Å². The van der Waals surface area contributed by atoms with Gasteiger partial charge in [-0.3, -0.25) is 4.79 Å². The van der Waals surface area contributed by atoms with E-state index in [9.17, 15) is 9.18 Å². The molecule has 1 saturated carbocycles. The molecule has 0 atom stereocenters. The average molecular weight is 173 g/mol. The largest absolute Gasteiger partial charge is 0.343 e. The van der Waals surface area contributed by atoms with Crippen LogP contribution in [0, 0.1) is 0 Å². The number of carbonyl (C=O) groups excluding carboxylic acids is 1. The second-order valence-corrected chi connectivity index (χ2v) is 3.54. The number of amides is 1. The van der Waals surface area contributed by atoms with E-state index >= 15 is 0 Å². The van der Waals surface area contributed by atoms with Gasteiger partial charge in [-0.2, -0.15) is 0 Å². The van der Waals surface area contributed by atoms with Crippen molar-refractivity contribution in [1.29, 1.82) is 0 Å². The van der Waals surface area contributed by atoms with Gasteiger partial charge in [-0.05, 0) is 25.7 Å². The van der Waals surface area contributed by atoms with E-state index in [1.807, 2.05) is 0 Å². The molecule has 12 heavy (non-hydrogen) atoms. The third kappa shape index (κ3) is 2.19. The number of carbonyl (C=O) groups is 1. The Kier molecular flexibility index (Phi) is 3.06. The van der Waals surface area contributed by atoms with Crippen molar-refractivity contribution in [2.45, 2.75) is 44.8 Å². The molecular weight excluding hydrogens is 157 g/mol. The summed E-state index contributed by atoms with van der Waals surface area (Å²) < 4.78 is 12.7. The predicted octanol–water partition coefficient (Wildman–Crippen LogP) is 1.75. The van der Waals surface area contributed by atoms with Crippen LogP contribution in [0.2, 0.25) is 0 Å². The number of hydrogen-bond acceptors (Lipinski definition) is 1. The average Bonchev–Trinajstić information content (AvgIpc) is 2.04. The van der Waals surface area contributed by atoms with Crippen molar-refractivity contribution < 1.29 is 9.18 Å². The molecule has 0 radical (unpaired) electrons. The molecule has 0 aromatic rings. The SMILES string of the molecule is CC(=O)N(C)C1CCC(F)CC1. The highest BCUT2D eigenvalue weighted by atomic mass is 19.1. The number of hydrogen-bond donors (Lipinski definition) is 0. The Labute approximate surface area is 72.7 Å². The maximum Gasteiger partial charge on any atom is 0.219 e. The Hall–Kier alpha value is -0.600. The van der Waals surface area contributed by atoms with Crippen molar-refractivity contribution in [3.8, 4) is 0 Å². The van der Waals surface area contributed by atoms with Crippen molar-refractivity contribution in [3.63, 3.8) is 0 Å². The summed E-state index contributed by atoms with van der Waals surface area (Å²) in [6.07, 6.45) is 2.22. The second-order valence-electron chi connectivity index (χ2n) is 3.54. The van der Waals surface area contributed by atoms with E-state index in [2.05, 4.69) is 0 Å². The maximum atomic E-state index is 12.7. The van der Waals surface area contributed by atoms with E-state index in [1.165, 1.54) is 0 Å². The van der Waals surface area contributed by atoms with Crippen molar-refractivity contribution in [2.75, 3.05) is 7.05 Å². The Balaban J connectivity index is 2.39. The topological polar surface area (TPSA) is 20.3 Å². The van der Waals surface area contributed by atoms with Crippen molar-refractivity contribution in [3.05, 3.63) is 0 Å². The van der Waals surface area contributed by atoms with E-state index in [0.717, 1.165) is 12.8 Å². The van der Waals surface area contributed by atoms with Crippen LogP contribution in [0.1, 0.15) is 32.6 Å². The minimum Gasteiger partial charge on any atom is -0.343 e. The van der Waals surface area contributed by atoms with Gasteiger partial charge in [-0.1, -0.05) is 0 Å². The number of rotatable bonds is 1. The van der Waals surface area contributed by atoms with Gasteiger partial charge in [0.2, 0.25) is 5.91 Å². The summed E-state index contributed by atoms with van der Waals surface area (Å²) in [4.78, 5) is 12.7. The van der Waals surface area contributed by atoms with Crippen LogP contribution < -0.4 is 0 Å².